The fraction of sp³-hybridized carbons (Fsp3) is 0.409. The number of carbonyl (C=O) groups is 3. The predicted molar refractivity (Wildman–Crippen MR) is 118 cm³/mol. The number of aromatic nitrogens is 1. The van der Waals surface area contributed by atoms with Crippen LogP contribution in [0.3, 0.4) is 0 Å². The molecule has 2 aromatic heterocycles. The van der Waals surface area contributed by atoms with E-state index in [0.717, 1.165) is 11.4 Å². The molecule has 0 aromatic carbocycles. The molecule has 31 heavy (non-hydrogen) atoms. The van der Waals surface area contributed by atoms with E-state index in [1.54, 1.807) is 13.8 Å². The standard InChI is InChI=1S/C22H27N3O5S/c1-12-15(13(2)23-17(12)22(29)30-5)19(26)16-18(14-8-6-11-31-14)25(21(28)20(16)27)10-7-9-24(3)4/h6,8,11,18,23,26H,7,9-10H2,1-5H3/t18-/m1/s1. The summed E-state index contributed by atoms with van der Waals surface area (Å²) in [5.74, 6) is -2.20. The van der Waals surface area contributed by atoms with E-state index in [4.69, 9.17) is 4.74 Å². The Morgan fingerprint density at radius 3 is 2.61 bits per heavy atom. The highest BCUT2D eigenvalue weighted by atomic mass is 32.1. The number of hydrogen-bond acceptors (Lipinski definition) is 7. The molecular formula is C22H27N3O5S. The SMILES string of the molecule is COC(=O)c1[nH]c(C)c(C(O)=C2C(=O)C(=O)N(CCCN(C)C)[C@@H]2c2cccs2)c1C. The number of esters is 1. The lowest BCUT2D eigenvalue weighted by Crippen LogP contribution is -2.32. The largest absolute Gasteiger partial charge is 0.507 e. The highest BCUT2D eigenvalue weighted by Crippen LogP contribution is 2.42. The van der Waals surface area contributed by atoms with Gasteiger partial charge in [0.15, 0.2) is 0 Å². The molecule has 1 amide bonds. The van der Waals surface area contributed by atoms with Crippen molar-refractivity contribution in [3.63, 3.8) is 0 Å². The van der Waals surface area contributed by atoms with Gasteiger partial charge in [0.2, 0.25) is 0 Å². The van der Waals surface area contributed by atoms with Crippen molar-refractivity contribution in [2.45, 2.75) is 26.3 Å². The van der Waals surface area contributed by atoms with Gasteiger partial charge in [-0.3, -0.25) is 9.59 Å². The average Bonchev–Trinajstić information content (AvgIpc) is 3.40. The van der Waals surface area contributed by atoms with Gasteiger partial charge in [-0.05, 0) is 57.9 Å². The van der Waals surface area contributed by atoms with Crippen LogP contribution in [0.4, 0.5) is 0 Å². The van der Waals surface area contributed by atoms with Gasteiger partial charge in [0.05, 0.1) is 18.7 Å². The molecule has 9 heteroatoms. The zero-order valence-electron chi connectivity index (χ0n) is 18.3. The highest BCUT2D eigenvalue weighted by Gasteiger charge is 2.46. The van der Waals surface area contributed by atoms with Crippen LogP contribution in [0.5, 0.6) is 0 Å². The van der Waals surface area contributed by atoms with Crippen LogP contribution in [-0.4, -0.2) is 71.8 Å². The number of ketones is 1. The monoisotopic (exact) mass is 445 g/mol. The second-order valence-electron chi connectivity index (χ2n) is 7.78. The summed E-state index contributed by atoms with van der Waals surface area (Å²) < 4.78 is 4.79. The van der Waals surface area contributed by atoms with Gasteiger partial charge in [0.1, 0.15) is 11.5 Å². The van der Waals surface area contributed by atoms with E-state index in [1.807, 2.05) is 36.5 Å². The van der Waals surface area contributed by atoms with Crippen LogP contribution in [0.1, 0.15) is 44.6 Å². The molecule has 0 bridgehead atoms. The number of ether oxygens (including phenoxy) is 1. The van der Waals surface area contributed by atoms with Gasteiger partial charge >= 0.3 is 5.97 Å². The lowest BCUT2D eigenvalue weighted by molar-refractivity contribution is -0.139. The first-order valence-corrected chi connectivity index (χ1v) is 10.8. The topological polar surface area (TPSA) is 103 Å². The number of hydrogen-bond donors (Lipinski definition) is 2. The number of rotatable bonds is 7. The Labute approximate surface area is 185 Å². The van der Waals surface area contributed by atoms with Crippen LogP contribution in [0.2, 0.25) is 0 Å². The van der Waals surface area contributed by atoms with Crippen molar-refractivity contribution in [1.29, 1.82) is 0 Å². The van der Waals surface area contributed by atoms with E-state index in [-0.39, 0.29) is 17.0 Å². The maximum atomic E-state index is 13.0. The van der Waals surface area contributed by atoms with Gasteiger partial charge in [-0.1, -0.05) is 6.07 Å². The summed E-state index contributed by atoms with van der Waals surface area (Å²) in [6.45, 7) is 4.51. The number of H-pyrrole nitrogens is 1. The maximum absolute atomic E-state index is 13.0. The number of amides is 1. The summed E-state index contributed by atoms with van der Waals surface area (Å²) in [4.78, 5) is 45.2. The van der Waals surface area contributed by atoms with E-state index in [1.165, 1.54) is 23.3 Å². The molecule has 0 unspecified atom stereocenters. The van der Waals surface area contributed by atoms with Crippen LogP contribution < -0.4 is 0 Å². The number of carbonyl (C=O) groups excluding carboxylic acids is 3. The van der Waals surface area contributed by atoms with E-state index >= 15 is 0 Å². The minimum Gasteiger partial charge on any atom is -0.507 e. The lowest BCUT2D eigenvalue weighted by Gasteiger charge is -2.24. The van der Waals surface area contributed by atoms with Crippen molar-refractivity contribution in [1.82, 2.24) is 14.8 Å². The number of likely N-dealkylation sites (tertiary alicyclic amines) is 1. The summed E-state index contributed by atoms with van der Waals surface area (Å²) in [6, 6.07) is 3.03. The minimum atomic E-state index is -0.722. The van der Waals surface area contributed by atoms with E-state index in [2.05, 4.69) is 4.98 Å². The lowest BCUT2D eigenvalue weighted by atomic mass is 9.97. The Hall–Kier alpha value is -2.91. The van der Waals surface area contributed by atoms with Crippen LogP contribution >= 0.6 is 11.3 Å². The number of nitrogens with zero attached hydrogens (tertiary/aromatic N) is 2. The quantitative estimate of drug-likeness (QED) is 0.294. The Balaban J connectivity index is 2.12. The molecule has 1 saturated heterocycles. The van der Waals surface area contributed by atoms with Gasteiger partial charge in [0.25, 0.3) is 11.7 Å². The Bertz CT molecular complexity index is 1040. The third-order valence-electron chi connectivity index (χ3n) is 5.42. The zero-order valence-corrected chi connectivity index (χ0v) is 19.1. The van der Waals surface area contributed by atoms with Crippen molar-refractivity contribution in [3.8, 4) is 0 Å². The van der Waals surface area contributed by atoms with Crippen LogP contribution in [0.15, 0.2) is 23.1 Å². The number of nitrogens with one attached hydrogen (secondary N) is 1. The molecule has 8 nitrogen and oxygen atoms in total. The molecule has 3 heterocycles. The Morgan fingerprint density at radius 2 is 2.03 bits per heavy atom. The number of thiophene rings is 1. The number of aliphatic hydroxyl groups is 1. The Kier molecular flexibility index (Phi) is 6.66. The third-order valence-corrected chi connectivity index (χ3v) is 6.35. The van der Waals surface area contributed by atoms with Gasteiger partial charge < -0.3 is 24.6 Å². The summed E-state index contributed by atoms with van der Waals surface area (Å²) in [5.41, 5.74) is 1.56. The van der Waals surface area contributed by atoms with E-state index in [0.29, 0.717) is 29.8 Å². The molecule has 2 aromatic rings. The predicted octanol–water partition coefficient (Wildman–Crippen LogP) is 2.85. The summed E-state index contributed by atoms with van der Waals surface area (Å²) in [6.07, 6.45) is 0.691. The first kappa shape index (κ1) is 22.8. The molecule has 0 radical (unpaired) electrons. The fourth-order valence-corrected chi connectivity index (χ4v) is 4.80. The zero-order chi connectivity index (χ0) is 22.9. The second-order valence-corrected chi connectivity index (χ2v) is 8.76. The molecule has 2 N–H and O–H groups in total. The average molecular weight is 446 g/mol. The molecule has 1 fully saturated rings. The van der Waals surface area contributed by atoms with Crippen molar-refractivity contribution < 1.29 is 24.2 Å². The van der Waals surface area contributed by atoms with Gasteiger partial charge in [-0.2, -0.15) is 0 Å². The first-order valence-electron chi connectivity index (χ1n) is 9.93. The Morgan fingerprint density at radius 1 is 1.32 bits per heavy atom. The van der Waals surface area contributed by atoms with Crippen molar-refractivity contribution in [3.05, 3.63) is 50.5 Å². The molecule has 0 saturated carbocycles. The molecule has 166 valence electrons. The minimum absolute atomic E-state index is 0.0407. The van der Waals surface area contributed by atoms with E-state index < -0.39 is 23.7 Å². The number of aromatic amines is 1. The molecule has 0 spiro atoms. The van der Waals surface area contributed by atoms with Crippen molar-refractivity contribution >= 4 is 34.8 Å². The molecule has 0 aliphatic carbocycles. The van der Waals surface area contributed by atoms with Crippen molar-refractivity contribution in [2.75, 3.05) is 34.3 Å². The van der Waals surface area contributed by atoms with Crippen LogP contribution in [-0.2, 0) is 14.3 Å². The first-order chi connectivity index (χ1) is 14.7. The third kappa shape index (κ3) is 4.15. The molecule has 1 aliphatic heterocycles. The summed E-state index contributed by atoms with van der Waals surface area (Å²) in [5, 5.41) is 13.1. The number of aryl methyl sites for hydroxylation is 1. The molecule has 1 atom stereocenters. The summed E-state index contributed by atoms with van der Waals surface area (Å²) >= 11 is 1.42. The summed E-state index contributed by atoms with van der Waals surface area (Å²) in [7, 11) is 5.16. The number of Topliss-reactive ketones (excluding diaryl/α,β-unsaturated/α-hetero) is 1. The number of methoxy groups -OCH3 is 1. The van der Waals surface area contributed by atoms with Crippen LogP contribution in [0, 0.1) is 13.8 Å². The van der Waals surface area contributed by atoms with Gasteiger partial charge in [-0.15, -0.1) is 11.3 Å². The maximum Gasteiger partial charge on any atom is 0.354 e. The fourth-order valence-electron chi connectivity index (χ4n) is 3.96. The molecular weight excluding hydrogens is 418 g/mol. The smallest absolute Gasteiger partial charge is 0.354 e. The normalized spacial score (nSPS) is 18.3. The highest BCUT2D eigenvalue weighted by molar-refractivity contribution is 7.10. The van der Waals surface area contributed by atoms with Crippen molar-refractivity contribution in [2.24, 2.45) is 0 Å². The van der Waals surface area contributed by atoms with E-state index in [9.17, 15) is 19.5 Å². The van der Waals surface area contributed by atoms with Gasteiger partial charge in [0, 0.05) is 22.7 Å². The second kappa shape index (κ2) is 9.07. The van der Waals surface area contributed by atoms with Crippen LogP contribution in [0.25, 0.3) is 5.76 Å². The number of aliphatic hydroxyl groups excluding tert-OH is 1. The molecule has 3 rings (SSSR count). The molecule has 1 aliphatic rings. The van der Waals surface area contributed by atoms with Gasteiger partial charge in [-0.25, -0.2) is 4.79 Å².